The van der Waals surface area contributed by atoms with Gasteiger partial charge in [-0.1, -0.05) is 38.4 Å². The molecule has 1 aromatic carbocycles. The van der Waals surface area contributed by atoms with Gasteiger partial charge in [0.1, 0.15) is 0 Å². The first-order chi connectivity index (χ1) is 9.38. The summed E-state index contributed by atoms with van der Waals surface area (Å²) in [5.41, 5.74) is 0.938. The van der Waals surface area contributed by atoms with Crippen molar-refractivity contribution in [1.82, 2.24) is 0 Å². The topological polar surface area (TPSA) is 12.0 Å². The lowest BCUT2D eigenvalue weighted by Crippen LogP contribution is -2.28. The molecule has 1 aromatic rings. The first-order valence-electron chi connectivity index (χ1n) is 7.56. The Bertz CT molecular complexity index is 445. The Balaban J connectivity index is 1.83. The van der Waals surface area contributed by atoms with Crippen molar-refractivity contribution in [3.63, 3.8) is 0 Å². The molecular weight excluding hydrogens is 273 g/mol. The lowest BCUT2D eigenvalue weighted by molar-refractivity contribution is 0.153. The zero-order chi connectivity index (χ0) is 14.8. The van der Waals surface area contributed by atoms with Crippen molar-refractivity contribution < 1.29 is 4.39 Å². The van der Waals surface area contributed by atoms with Crippen molar-refractivity contribution in [2.45, 2.75) is 46.5 Å². The summed E-state index contributed by atoms with van der Waals surface area (Å²) in [7, 11) is 0. The Kier molecular flexibility index (Phi) is 4.95. The number of hydrogen-bond donors (Lipinski definition) is 1. The minimum absolute atomic E-state index is 0.187. The highest BCUT2D eigenvalue weighted by Gasteiger charge is 2.29. The fraction of sp³-hybridized carbons (Fsp3) is 0.647. The SMILES string of the molecule is CC(C)(C)C1CCC(CNc2cccc(Cl)c2F)CC1. The number of nitrogens with one attached hydrogen (secondary N) is 1. The molecule has 20 heavy (non-hydrogen) atoms. The first-order valence-corrected chi connectivity index (χ1v) is 7.93. The maximum absolute atomic E-state index is 13.8. The standard InChI is InChI=1S/C17H25ClFN/c1-17(2,3)13-9-7-12(8-10-13)11-20-15-6-4-5-14(18)16(15)19/h4-6,12-13,20H,7-11H2,1-3H3. The highest BCUT2D eigenvalue weighted by atomic mass is 35.5. The molecule has 1 fully saturated rings. The molecule has 0 bridgehead atoms. The van der Waals surface area contributed by atoms with Crippen LogP contribution in [0.3, 0.4) is 0 Å². The molecule has 112 valence electrons. The van der Waals surface area contributed by atoms with E-state index in [-0.39, 0.29) is 10.8 Å². The van der Waals surface area contributed by atoms with Crippen LogP contribution in [0.4, 0.5) is 10.1 Å². The molecule has 3 heteroatoms. The van der Waals surface area contributed by atoms with Crippen LogP contribution in [0, 0.1) is 23.1 Å². The fourth-order valence-electron chi connectivity index (χ4n) is 3.13. The number of rotatable bonds is 3. The van der Waals surface area contributed by atoms with Gasteiger partial charge in [0.2, 0.25) is 0 Å². The summed E-state index contributed by atoms with van der Waals surface area (Å²) in [4.78, 5) is 0. The van der Waals surface area contributed by atoms with E-state index in [0.29, 0.717) is 17.0 Å². The molecule has 0 unspecified atom stereocenters. The zero-order valence-electron chi connectivity index (χ0n) is 12.7. The van der Waals surface area contributed by atoms with Crippen LogP contribution in [0.1, 0.15) is 46.5 Å². The quantitative estimate of drug-likeness (QED) is 0.749. The Hall–Kier alpha value is -0.760. The third-order valence-electron chi connectivity index (χ3n) is 4.60. The molecule has 0 spiro atoms. The van der Waals surface area contributed by atoms with E-state index in [0.717, 1.165) is 12.5 Å². The first kappa shape index (κ1) is 15.6. The molecule has 1 aliphatic carbocycles. The van der Waals surface area contributed by atoms with Crippen molar-refractivity contribution in [2.75, 3.05) is 11.9 Å². The van der Waals surface area contributed by atoms with Crippen molar-refractivity contribution in [3.8, 4) is 0 Å². The van der Waals surface area contributed by atoms with Crippen LogP contribution in [0.15, 0.2) is 18.2 Å². The number of hydrogen-bond acceptors (Lipinski definition) is 1. The Morgan fingerprint density at radius 2 is 1.85 bits per heavy atom. The maximum atomic E-state index is 13.8. The van der Waals surface area contributed by atoms with Gasteiger partial charge in [-0.2, -0.15) is 0 Å². The molecule has 0 saturated heterocycles. The summed E-state index contributed by atoms with van der Waals surface area (Å²) in [5.74, 6) is 1.13. The zero-order valence-corrected chi connectivity index (χ0v) is 13.4. The maximum Gasteiger partial charge on any atom is 0.164 e. The predicted octanol–water partition coefficient (Wildman–Crippen LogP) is 5.74. The fourth-order valence-corrected chi connectivity index (χ4v) is 3.30. The second-order valence-corrected chi connectivity index (χ2v) is 7.47. The average molecular weight is 298 g/mol. The second-order valence-electron chi connectivity index (χ2n) is 7.07. The Morgan fingerprint density at radius 1 is 1.20 bits per heavy atom. The molecule has 0 amide bonds. The number of benzene rings is 1. The molecular formula is C17H25ClFN. The van der Waals surface area contributed by atoms with Crippen LogP contribution >= 0.6 is 11.6 Å². The van der Waals surface area contributed by atoms with Crippen molar-refractivity contribution in [1.29, 1.82) is 0 Å². The van der Waals surface area contributed by atoms with Gasteiger partial charge in [0.25, 0.3) is 0 Å². The van der Waals surface area contributed by atoms with Crippen LogP contribution in [-0.4, -0.2) is 6.54 Å². The lowest BCUT2D eigenvalue weighted by atomic mass is 9.70. The molecule has 1 N–H and O–H groups in total. The molecule has 0 aliphatic heterocycles. The highest BCUT2D eigenvalue weighted by molar-refractivity contribution is 6.31. The third kappa shape index (κ3) is 3.88. The van der Waals surface area contributed by atoms with Gasteiger partial charge in [-0.05, 0) is 55.1 Å². The molecule has 0 radical (unpaired) electrons. The van der Waals surface area contributed by atoms with E-state index >= 15 is 0 Å². The van der Waals surface area contributed by atoms with Gasteiger partial charge in [0, 0.05) is 6.54 Å². The van der Waals surface area contributed by atoms with Crippen LogP contribution in [0.25, 0.3) is 0 Å². The van der Waals surface area contributed by atoms with Gasteiger partial charge in [0.15, 0.2) is 5.82 Å². The van der Waals surface area contributed by atoms with Crippen LogP contribution in [0.5, 0.6) is 0 Å². The number of halogens is 2. The lowest BCUT2D eigenvalue weighted by Gasteiger charge is -2.37. The van der Waals surface area contributed by atoms with Crippen LogP contribution in [-0.2, 0) is 0 Å². The summed E-state index contributed by atoms with van der Waals surface area (Å²) in [6, 6.07) is 5.11. The van der Waals surface area contributed by atoms with Gasteiger partial charge in [0.05, 0.1) is 10.7 Å². The van der Waals surface area contributed by atoms with E-state index in [1.54, 1.807) is 18.2 Å². The van der Waals surface area contributed by atoms with Gasteiger partial charge in [-0.15, -0.1) is 0 Å². The van der Waals surface area contributed by atoms with E-state index < -0.39 is 0 Å². The smallest absolute Gasteiger partial charge is 0.164 e. The second kappa shape index (κ2) is 6.34. The van der Waals surface area contributed by atoms with Gasteiger partial charge in [-0.3, -0.25) is 0 Å². The minimum Gasteiger partial charge on any atom is -0.382 e. The van der Waals surface area contributed by atoms with E-state index in [1.807, 2.05) is 0 Å². The summed E-state index contributed by atoms with van der Waals surface area (Å²) in [6.45, 7) is 7.83. The monoisotopic (exact) mass is 297 g/mol. The molecule has 1 aliphatic rings. The van der Waals surface area contributed by atoms with Crippen LogP contribution in [0.2, 0.25) is 5.02 Å². The van der Waals surface area contributed by atoms with Crippen LogP contribution < -0.4 is 5.32 Å². The summed E-state index contributed by atoms with van der Waals surface area (Å²) in [5, 5.41) is 3.40. The molecule has 0 heterocycles. The van der Waals surface area contributed by atoms with Gasteiger partial charge in [-0.25, -0.2) is 4.39 Å². The van der Waals surface area contributed by atoms with Gasteiger partial charge < -0.3 is 5.32 Å². The average Bonchev–Trinajstić information content (AvgIpc) is 2.40. The molecule has 0 aromatic heterocycles. The predicted molar refractivity (Wildman–Crippen MR) is 84.8 cm³/mol. The van der Waals surface area contributed by atoms with E-state index in [1.165, 1.54) is 25.7 Å². The summed E-state index contributed by atoms with van der Waals surface area (Å²) in [6.07, 6.45) is 5.04. The largest absolute Gasteiger partial charge is 0.382 e. The van der Waals surface area contributed by atoms with Gasteiger partial charge >= 0.3 is 0 Å². The Labute approximate surface area is 126 Å². The molecule has 2 rings (SSSR count). The Morgan fingerprint density at radius 3 is 2.45 bits per heavy atom. The van der Waals surface area contributed by atoms with E-state index in [2.05, 4.69) is 26.1 Å². The van der Waals surface area contributed by atoms with Crippen molar-refractivity contribution in [3.05, 3.63) is 29.0 Å². The third-order valence-corrected chi connectivity index (χ3v) is 4.90. The number of anilines is 1. The molecule has 1 nitrogen and oxygen atoms in total. The highest BCUT2D eigenvalue weighted by Crippen LogP contribution is 2.39. The minimum atomic E-state index is -0.336. The normalized spacial score (nSPS) is 23.6. The molecule has 0 atom stereocenters. The molecule has 1 saturated carbocycles. The summed E-state index contributed by atoms with van der Waals surface area (Å²) < 4.78 is 13.8. The van der Waals surface area contributed by atoms with E-state index in [4.69, 9.17) is 11.6 Å². The summed E-state index contributed by atoms with van der Waals surface area (Å²) >= 11 is 5.79. The van der Waals surface area contributed by atoms with E-state index in [9.17, 15) is 4.39 Å². The van der Waals surface area contributed by atoms with Crippen molar-refractivity contribution >= 4 is 17.3 Å². The van der Waals surface area contributed by atoms with Crippen molar-refractivity contribution in [2.24, 2.45) is 17.3 Å².